The summed E-state index contributed by atoms with van der Waals surface area (Å²) in [4.78, 5) is 15.8. The summed E-state index contributed by atoms with van der Waals surface area (Å²) in [7, 11) is 0. The predicted octanol–water partition coefficient (Wildman–Crippen LogP) is 4.10. The highest BCUT2D eigenvalue weighted by molar-refractivity contribution is 7.20. The van der Waals surface area contributed by atoms with E-state index in [4.69, 9.17) is 0 Å². The molecule has 0 atom stereocenters. The van der Waals surface area contributed by atoms with Gasteiger partial charge >= 0.3 is 0 Å². The molecule has 2 aromatic heterocycles. The smallest absolute Gasteiger partial charge is 0.211 e. The normalized spacial score (nSPS) is 11.0. The van der Waals surface area contributed by atoms with Crippen LogP contribution in [-0.4, -0.2) is 21.1 Å². The molecule has 6 heteroatoms. The van der Waals surface area contributed by atoms with E-state index < -0.39 is 0 Å². The van der Waals surface area contributed by atoms with Gasteiger partial charge in [-0.3, -0.25) is 4.79 Å². The van der Waals surface area contributed by atoms with E-state index in [-0.39, 0.29) is 5.82 Å². The maximum absolute atomic E-state index is 13.3. The number of halogens is 1. The molecule has 0 bridgehead atoms. The number of thiazole rings is 1. The first kappa shape index (κ1) is 13.8. The van der Waals surface area contributed by atoms with Crippen LogP contribution >= 0.6 is 11.3 Å². The second kappa shape index (κ2) is 5.40. The molecule has 2 heterocycles. The fraction of sp³-hybridized carbons (Fsp3) is 0. The van der Waals surface area contributed by atoms with Crippen molar-refractivity contribution in [2.75, 3.05) is 0 Å². The number of benzene rings is 2. The molecular weight excluding hydrogens is 313 g/mol. The highest BCUT2D eigenvalue weighted by Gasteiger charge is 2.14. The molecule has 0 radical (unpaired) electrons. The minimum absolute atomic E-state index is 0.299. The summed E-state index contributed by atoms with van der Waals surface area (Å²) in [6.45, 7) is 0. The van der Waals surface area contributed by atoms with Crippen molar-refractivity contribution >= 4 is 27.8 Å². The number of rotatable bonds is 3. The third-order valence-electron chi connectivity index (χ3n) is 3.45. The molecule has 2 aromatic carbocycles. The monoisotopic (exact) mass is 323 g/mol. The van der Waals surface area contributed by atoms with Crippen LogP contribution in [0.1, 0.15) is 10.4 Å². The summed E-state index contributed by atoms with van der Waals surface area (Å²) in [5.41, 5.74) is 2.66. The van der Waals surface area contributed by atoms with Gasteiger partial charge < -0.3 is 0 Å². The lowest BCUT2D eigenvalue weighted by atomic mass is 10.1. The van der Waals surface area contributed by atoms with E-state index in [1.807, 2.05) is 30.3 Å². The number of carbonyl (C=O) groups is 1. The Morgan fingerprint density at radius 2 is 1.96 bits per heavy atom. The molecule has 0 unspecified atom stereocenters. The first-order valence-corrected chi connectivity index (χ1v) is 7.73. The maximum Gasteiger partial charge on any atom is 0.211 e. The van der Waals surface area contributed by atoms with E-state index in [1.54, 1.807) is 16.9 Å². The Kier molecular flexibility index (Phi) is 3.24. The molecule has 0 aliphatic heterocycles. The number of carbonyl (C=O) groups excluding carboxylic acids is 1. The van der Waals surface area contributed by atoms with Gasteiger partial charge in [-0.15, -0.1) is 0 Å². The average molecular weight is 323 g/mol. The molecule has 0 aliphatic rings. The lowest BCUT2D eigenvalue weighted by Crippen LogP contribution is -1.93. The Balaban J connectivity index is 1.85. The van der Waals surface area contributed by atoms with Gasteiger partial charge in [-0.25, -0.2) is 14.1 Å². The molecule has 0 fully saturated rings. The zero-order valence-corrected chi connectivity index (χ0v) is 12.6. The van der Waals surface area contributed by atoms with E-state index in [0.29, 0.717) is 21.9 Å². The topological polar surface area (TPSA) is 47.8 Å². The first-order valence-electron chi connectivity index (χ1n) is 6.91. The predicted molar refractivity (Wildman–Crippen MR) is 87.5 cm³/mol. The number of hydrogen-bond donors (Lipinski definition) is 0. The van der Waals surface area contributed by atoms with Gasteiger partial charge in [-0.2, -0.15) is 5.10 Å². The second-order valence-electron chi connectivity index (χ2n) is 4.97. The Hall–Kier alpha value is -2.86. The van der Waals surface area contributed by atoms with E-state index in [9.17, 15) is 9.18 Å². The molecule has 0 spiro atoms. The largest absolute Gasteiger partial charge is 0.298 e. The number of nitrogens with zero attached hydrogens (tertiary/aromatic N) is 3. The molecule has 4 nitrogen and oxygen atoms in total. The first-order chi connectivity index (χ1) is 11.2. The van der Waals surface area contributed by atoms with Gasteiger partial charge in [0.25, 0.3) is 0 Å². The van der Waals surface area contributed by atoms with Crippen LogP contribution in [0.3, 0.4) is 0 Å². The van der Waals surface area contributed by atoms with Crippen molar-refractivity contribution in [3.05, 3.63) is 66.1 Å². The molecule has 0 amide bonds. The highest BCUT2D eigenvalue weighted by Crippen LogP contribution is 2.27. The molecule has 4 rings (SSSR count). The van der Waals surface area contributed by atoms with Gasteiger partial charge in [0.15, 0.2) is 6.29 Å². The maximum atomic E-state index is 13.3. The Morgan fingerprint density at radius 1 is 1.13 bits per heavy atom. The van der Waals surface area contributed by atoms with Crippen LogP contribution in [0.2, 0.25) is 0 Å². The van der Waals surface area contributed by atoms with E-state index in [0.717, 1.165) is 16.5 Å². The Morgan fingerprint density at radius 3 is 2.74 bits per heavy atom. The molecule has 0 N–H and O–H groups in total. The molecular formula is C17H10FN3OS. The van der Waals surface area contributed by atoms with Crippen LogP contribution in [0.5, 0.6) is 0 Å². The molecule has 0 aliphatic carbocycles. The number of hydrogen-bond acceptors (Lipinski definition) is 4. The number of aromatic nitrogens is 3. The molecule has 112 valence electrons. The van der Waals surface area contributed by atoms with Crippen molar-refractivity contribution in [3.8, 4) is 16.4 Å². The van der Waals surface area contributed by atoms with E-state index in [2.05, 4.69) is 10.1 Å². The van der Waals surface area contributed by atoms with Crippen LogP contribution in [0.25, 0.3) is 26.6 Å². The standard InChI is InChI=1S/C17H10FN3OS/c18-13-6-7-14-15(8-13)23-17(19-14)21-9-12(10-22)16(20-21)11-4-2-1-3-5-11/h1-10H. The molecule has 23 heavy (non-hydrogen) atoms. The molecule has 0 saturated heterocycles. The lowest BCUT2D eigenvalue weighted by Gasteiger charge is -1.96. The van der Waals surface area contributed by atoms with Gasteiger partial charge in [0, 0.05) is 11.8 Å². The molecule has 4 aromatic rings. The van der Waals surface area contributed by atoms with Crippen molar-refractivity contribution in [2.24, 2.45) is 0 Å². The van der Waals surface area contributed by atoms with Gasteiger partial charge in [0.1, 0.15) is 11.5 Å². The SMILES string of the molecule is O=Cc1cn(-c2nc3ccc(F)cc3s2)nc1-c1ccccc1. The van der Waals surface area contributed by atoms with Crippen molar-refractivity contribution in [2.45, 2.75) is 0 Å². The zero-order valence-electron chi connectivity index (χ0n) is 11.8. The minimum Gasteiger partial charge on any atom is -0.298 e. The van der Waals surface area contributed by atoms with Crippen LogP contribution in [0, 0.1) is 5.82 Å². The van der Waals surface area contributed by atoms with Crippen LogP contribution < -0.4 is 0 Å². The van der Waals surface area contributed by atoms with Crippen LogP contribution in [0.15, 0.2) is 54.7 Å². The minimum atomic E-state index is -0.299. The third-order valence-corrected chi connectivity index (χ3v) is 4.46. The fourth-order valence-electron chi connectivity index (χ4n) is 2.38. The third kappa shape index (κ3) is 2.43. The van der Waals surface area contributed by atoms with E-state index in [1.165, 1.54) is 23.5 Å². The number of aldehydes is 1. The fourth-order valence-corrected chi connectivity index (χ4v) is 3.29. The summed E-state index contributed by atoms with van der Waals surface area (Å²) >= 11 is 1.33. The van der Waals surface area contributed by atoms with Gasteiger partial charge in [-0.05, 0) is 18.2 Å². The van der Waals surface area contributed by atoms with Crippen molar-refractivity contribution in [1.82, 2.24) is 14.8 Å². The van der Waals surface area contributed by atoms with Gasteiger partial charge in [0.2, 0.25) is 5.13 Å². The summed E-state index contributed by atoms with van der Waals surface area (Å²) in [6.07, 6.45) is 2.42. The average Bonchev–Trinajstić information content (AvgIpc) is 3.18. The van der Waals surface area contributed by atoms with Crippen molar-refractivity contribution in [3.63, 3.8) is 0 Å². The van der Waals surface area contributed by atoms with Crippen LogP contribution in [0.4, 0.5) is 4.39 Å². The summed E-state index contributed by atoms with van der Waals surface area (Å²) in [5.74, 6) is -0.299. The lowest BCUT2D eigenvalue weighted by molar-refractivity contribution is 0.112. The Labute approximate surface area is 134 Å². The Bertz CT molecular complexity index is 1010. The highest BCUT2D eigenvalue weighted by atomic mass is 32.1. The number of fused-ring (bicyclic) bond motifs is 1. The second-order valence-corrected chi connectivity index (χ2v) is 5.98. The van der Waals surface area contributed by atoms with Crippen molar-refractivity contribution < 1.29 is 9.18 Å². The van der Waals surface area contributed by atoms with Gasteiger partial charge in [-0.1, -0.05) is 41.7 Å². The molecule has 0 saturated carbocycles. The van der Waals surface area contributed by atoms with Gasteiger partial charge in [0.05, 0.1) is 15.8 Å². The van der Waals surface area contributed by atoms with Crippen LogP contribution in [-0.2, 0) is 0 Å². The summed E-state index contributed by atoms with van der Waals surface area (Å²) in [6, 6.07) is 13.9. The van der Waals surface area contributed by atoms with E-state index >= 15 is 0 Å². The summed E-state index contributed by atoms with van der Waals surface area (Å²) in [5, 5.41) is 5.07. The zero-order chi connectivity index (χ0) is 15.8. The quantitative estimate of drug-likeness (QED) is 0.533. The summed E-state index contributed by atoms with van der Waals surface area (Å²) < 4.78 is 15.6. The van der Waals surface area contributed by atoms with Crippen molar-refractivity contribution in [1.29, 1.82) is 0 Å².